The number of hydrogen-bond donors (Lipinski definition) is 2. The summed E-state index contributed by atoms with van der Waals surface area (Å²) in [6.45, 7) is 0.751. The predicted molar refractivity (Wildman–Crippen MR) is 96.3 cm³/mol. The summed E-state index contributed by atoms with van der Waals surface area (Å²) < 4.78 is 18.6. The second-order valence-electron chi connectivity index (χ2n) is 5.97. The molecule has 2 aromatic carbocycles. The van der Waals surface area contributed by atoms with Crippen LogP contribution in [0.4, 0.5) is 14.9 Å². The van der Waals surface area contributed by atoms with Crippen molar-refractivity contribution in [3.63, 3.8) is 0 Å². The molecule has 1 aliphatic heterocycles. The standard InChI is InChI=1S/C20H16FN3O2/c21-15-3-1-13(2-4-15)10-23-20(25)24-16-5-6-17-14(9-16)12-26-19-11-22-8-7-18(17)19/h1-9,11H,10,12H2,(H2,23,24,25). The van der Waals surface area contributed by atoms with Gasteiger partial charge in [0.1, 0.15) is 18.2 Å². The van der Waals surface area contributed by atoms with Gasteiger partial charge in [0.25, 0.3) is 0 Å². The highest BCUT2D eigenvalue weighted by atomic mass is 19.1. The zero-order valence-electron chi connectivity index (χ0n) is 13.8. The minimum atomic E-state index is -0.324. The van der Waals surface area contributed by atoms with Crippen LogP contribution in [0, 0.1) is 5.82 Å². The molecule has 0 saturated carbocycles. The van der Waals surface area contributed by atoms with Crippen molar-refractivity contribution < 1.29 is 13.9 Å². The molecule has 0 spiro atoms. The van der Waals surface area contributed by atoms with Crippen LogP contribution in [0.1, 0.15) is 11.1 Å². The molecule has 2 heterocycles. The number of urea groups is 1. The maximum Gasteiger partial charge on any atom is 0.319 e. The number of anilines is 1. The SMILES string of the molecule is O=C(NCc1ccc(F)cc1)Nc1ccc2c(c1)COc1cnccc1-2. The maximum atomic E-state index is 12.9. The van der Waals surface area contributed by atoms with E-state index in [4.69, 9.17) is 4.74 Å². The van der Waals surface area contributed by atoms with Crippen molar-refractivity contribution in [1.29, 1.82) is 0 Å². The molecule has 1 aromatic heterocycles. The number of benzene rings is 2. The van der Waals surface area contributed by atoms with Crippen molar-refractivity contribution in [2.24, 2.45) is 0 Å². The summed E-state index contributed by atoms with van der Waals surface area (Å²) in [5, 5.41) is 5.56. The minimum Gasteiger partial charge on any atom is -0.487 e. The van der Waals surface area contributed by atoms with Gasteiger partial charge in [-0.25, -0.2) is 9.18 Å². The molecule has 0 aliphatic carbocycles. The second kappa shape index (κ2) is 6.84. The number of fused-ring (bicyclic) bond motifs is 3. The van der Waals surface area contributed by atoms with Crippen LogP contribution in [0.2, 0.25) is 0 Å². The summed E-state index contributed by atoms with van der Waals surface area (Å²) in [7, 11) is 0. The number of carbonyl (C=O) groups excluding carboxylic acids is 1. The first-order valence-corrected chi connectivity index (χ1v) is 8.18. The van der Waals surface area contributed by atoms with Gasteiger partial charge in [-0.05, 0) is 47.0 Å². The quantitative estimate of drug-likeness (QED) is 0.748. The number of aromatic nitrogens is 1. The monoisotopic (exact) mass is 349 g/mol. The van der Waals surface area contributed by atoms with Crippen molar-refractivity contribution in [2.75, 3.05) is 5.32 Å². The number of hydrogen-bond acceptors (Lipinski definition) is 3. The van der Waals surface area contributed by atoms with Crippen molar-refractivity contribution >= 4 is 11.7 Å². The van der Waals surface area contributed by atoms with E-state index in [1.54, 1.807) is 24.5 Å². The van der Waals surface area contributed by atoms with Gasteiger partial charge in [0.2, 0.25) is 0 Å². The van der Waals surface area contributed by atoms with Gasteiger partial charge in [-0.15, -0.1) is 0 Å². The van der Waals surface area contributed by atoms with E-state index in [1.807, 2.05) is 24.3 Å². The van der Waals surface area contributed by atoms with Crippen LogP contribution >= 0.6 is 0 Å². The molecular formula is C20H16FN3O2. The molecule has 0 saturated heterocycles. The Kier molecular flexibility index (Phi) is 4.23. The third kappa shape index (κ3) is 3.35. The number of nitrogens with zero attached hydrogens (tertiary/aromatic N) is 1. The first-order chi connectivity index (χ1) is 12.7. The van der Waals surface area contributed by atoms with Crippen molar-refractivity contribution in [2.45, 2.75) is 13.2 Å². The Hall–Kier alpha value is -3.41. The van der Waals surface area contributed by atoms with E-state index in [1.165, 1.54) is 12.1 Å². The molecule has 0 fully saturated rings. The maximum absolute atomic E-state index is 12.9. The largest absolute Gasteiger partial charge is 0.487 e. The van der Waals surface area contributed by atoms with E-state index < -0.39 is 0 Å². The van der Waals surface area contributed by atoms with Crippen LogP contribution in [0.15, 0.2) is 60.9 Å². The van der Waals surface area contributed by atoms with Gasteiger partial charge in [-0.3, -0.25) is 4.98 Å². The van der Waals surface area contributed by atoms with Crippen LogP contribution < -0.4 is 15.4 Å². The molecular weight excluding hydrogens is 333 g/mol. The number of carbonyl (C=O) groups is 1. The van der Waals surface area contributed by atoms with Gasteiger partial charge in [0, 0.05) is 24.0 Å². The number of pyridine rings is 1. The van der Waals surface area contributed by atoms with E-state index in [0.29, 0.717) is 18.8 Å². The smallest absolute Gasteiger partial charge is 0.319 e. The molecule has 6 heteroatoms. The molecule has 5 nitrogen and oxygen atoms in total. The molecule has 4 rings (SSSR count). The first kappa shape index (κ1) is 16.1. The Balaban J connectivity index is 1.43. The lowest BCUT2D eigenvalue weighted by Crippen LogP contribution is -2.28. The molecule has 3 aromatic rings. The molecule has 1 aliphatic rings. The molecule has 0 radical (unpaired) electrons. The minimum absolute atomic E-state index is 0.299. The number of halogens is 1. The highest BCUT2D eigenvalue weighted by Gasteiger charge is 2.17. The Morgan fingerprint density at radius 3 is 2.81 bits per heavy atom. The van der Waals surface area contributed by atoms with Crippen LogP contribution in [0.5, 0.6) is 5.75 Å². The molecule has 0 unspecified atom stereocenters. The van der Waals surface area contributed by atoms with Crippen LogP contribution in [-0.2, 0) is 13.2 Å². The normalized spacial score (nSPS) is 11.7. The fraction of sp³-hybridized carbons (Fsp3) is 0.100. The molecule has 26 heavy (non-hydrogen) atoms. The number of nitrogens with one attached hydrogen (secondary N) is 2. The summed E-state index contributed by atoms with van der Waals surface area (Å²) in [4.78, 5) is 16.2. The fourth-order valence-corrected chi connectivity index (χ4v) is 2.89. The zero-order chi connectivity index (χ0) is 17.9. The molecule has 130 valence electrons. The van der Waals surface area contributed by atoms with Crippen LogP contribution in [0.25, 0.3) is 11.1 Å². The number of rotatable bonds is 3. The summed E-state index contributed by atoms with van der Waals surface area (Å²) >= 11 is 0. The molecule has 2 N–H and O–H groups in total. The summed E-state index contributed by atoms with van der Waals surface area (Å²) in [6, 6.07) is 13.3. The Morgan fingerprint density at radius 1 is 1.12 bits per heavy atom. The number of ether oxygens (including phenoxy) is 1. The van der Waals surface area contributed by atoms with Gasteiger partial charge in [-0.1, -0.05) is 18.2 Å². The van der Waals surface area contributed by atoms with Gasteiger partial charge >= 0.3 is 6.03 Å². The highest BCUT2D eigenvalue weighted by Crippen LogP contribution is 2.37. The predicted octanol–water partition coefficient (Wildman–Crippen LogP) is 4.10. The van der Waals surface area contributed by atoms with E-state index in [2.05, 4.69) is 15.6 Å². The van der Waals surface area contributed by atoms with Crippen LogP contribution in [0.3, 0.4) is 0 Å². The van der Waals surface area contributed by atoms with E-state index in [-0.39, 0.29) is 11.8 Å². The van der Waals surface area contributed by atoms with Gasteiger partial charge in [0.05, 0.1) is 6.20 Å². The second-order valence-corrected chi connectivity index (χ2v) is 5.97. The Morgan fingerprint density at radius 2 is 1.96 bits per heavy atom. The Labute approximate surface area is 149 Å². The first-order valence-electron chi connectivity index (χ1n) is 8.18. The average Bonchev–Trinajstić information content (AvgIpc) is 2.67. The lowest BCUT2D eigenvalue weighted by Gasteiger charge is -2.21. The van der Waals surface area contributed by atoms with E-state index in [9.17, 15) is 9.18 Å². The number of amides is 2. The molecule has 0 bridgehead atoms. The third-order valence-corrected chi connectivity index (χ3v) is 4.19. The van der Waals surface area contributed by atoms with Gasteiger partial charge in [0.15, 0.2) is 0 Å². The van der Waals surface area contributed by atoms with Crippen molar-refractivity contribution in [1.82, 2.24) is 10.3 Å². The van der Waals surface area contributed by atoms with Crippen molar-refractivity contribution in [3.8, 4) is 16.9 Å². The zero-order valence-corrected chi connectivity index (χ0v) is 13.8. The van der Waals surface area contributed by atoms with Gasteiger partial charge in [-0.2, -0.15) is 0 Å². The van der Waals surface area contributed by atoms with Crippen LogP contribution in [-0.4, -0.2) is 11.0 Å². The lowest BCUT2D eigenvalue weighted by atomic mass is 9.98. The molecule has 0 atom stereocenters. The fourth-order valence-electron chi connectivity index (χ4n) is 2.89. The van der Waals surface area contributed by atoms with Crippen molar-refractivity contribution in [3.05, 3.63) is 77.9 Å². The third-order valence-electron chi connectivity index (χ3n) is 4.19. The van der Waals surface area contributed by atoms with E-state index in [0.717, 1.165) is 28.0 Å². The summed E-state index contributed by atoms with van der Waals surface area (Å²) in [5.41, 5.74) is 4.58. The highest BCUT2D eigenvalue weighted by molar-refractivity contribution is 5.90. The summed E-state index contributed by atoms with van der Waals surface area (Å²) in [5.74, 6) is 0.463. The molecule has 2 amide bonds. The Bertz CT molecular complexity index is 958. The average molecular weight is 349 g/mol. The topological polar surface area (TPSA) is 63.2 Å². The lowest BCUT2D eigenvalue weighted by molar-refractivity contribution is 0.251. The summed E-state index contributed by atoms with van der Waals surface area (Å²) in [6.07, 6.45) is 3.43. The van der Waals surface area contributed by atoms with Gasteiger partial charge < -0.3 is 15.4 Å². The van der Waals surface area contributed by atoms with E-state index >= 15 is 0 Å².